The van der Waals surface area contributed by atoms with Crippen LogP contribution in [0.25, 0.3) is 0 Å². The molecule has 1 atom stereocenters. The van der Waals surface area contributed by atoms with Crippen molar-refractivity contribution in [1.82, 2.24) is 5.32 Å². The molecule has 0 aliphatic carbocycles. The highest BCUT2D eigenvalue weighted by Gasteiger charge is 2.17. The van der Waals surface area contributed by atoms with Gasteiger partial charge in [0.1, 0.15) is 5.75 Å². The Morgan fingerprint density at radius 2 is 1.89 bits per heavy atom. The van der Waals surface area contributed by atoms with E-state index in [0.29, 0.717) is 12.5 Å². The maximum absolute atomic E-state index is 10.4. The predicted molar refractivity (Wildman–Crippen MR) is 79.8 cm³/mol. The Morgan fingerprint density at radius 3 is 2.37 bits per heavy atom. The van der Waals surface area contributed by atoms with Crippen molar-refractivity contribution in [2.24, 2.45) is 0 Å². The van der Waals surface area contributed by atoms with Crippen LogP contribution in [0.3, 0.4) is 0 Å². The summed E-state index contributed by atoms with van der Waals surface area (Å²) in [6.07, 6.45) is -0.562. The first-order chi connectivity index (χ1) is 8.74. The lowest BCUT2D eigenvalue weighted by molar-refractivity contribution is 0.159. The van der Waals surface area contributed by atoms with Crippen LogP contribution in [-0.4, -0.2) is 24.3 Å². The number of β-amino-alcohol motifs (C(OH)–C–C–N with tert-alkyl or cyclic N) is 1. The van der Waals surface area contributed by atoms with Gasteiger partial charge in [-0.15, -0.1) is 0 Å². The predicted octanol–water partition coefficient (Wildman–Crippen LogP) is 3.24. The normalized spacial score (nSPS) is 13.7. The second kappa shape index (κ2) is 6.40. The summed E-state index contributed by atoms with van der Waals surface area (Å²) in [5.74, 6) is 1.18. The van der Waals surface area contributed by atoms with E-state index in [2.05, 4.69) is 46.0 Å². The van der Waals surface area contributed by atoms with Gasteiger partial charge in [-0.1, -0.05) is 19.9 Å². The van der Waals surface area contributed by atoms with Crippen molar-refractivity contribution in [1.29, 1.82) is 0 Å². The third-order valence-corrected chi connectivity index (χ3v) is 3.11. The van der Waals surface area contributed by atoms with Crippen molar-refractivity contribution in [3.05, 3.63) is 29.3 Å². The zero-order valence-electron chi connectivity index (χ0n) is 12.9. The Labute approximate surface area is 117 Å². The highest BCUT2D eigenvalue weighted by atomic mass is 16.5. The number of methoxy groups -OCH3 is 1. The molecule has 0 radical (unpaired) electrons. The Hall–Kier alpha value is -1.06. The van der Waals surface area contributed by atoms with Gasteiger partial charge >= 0.3 is 0 Å². The van der Waals surface area contributed by atoms with Gasteiger partial charge in [0.05, 0.1) is 13.2 Å². The van der Waals surface area contributed by atoms with E-state index in [0.717, 1.165) is 11.3 Å². The zero-order valence-corrected chi connectivity index (χ0v) is 12.9. The Morgan fingerprint density at radius 1 is 1.26 bits per heavy atom. The van der Waals surface area contributed by atoms with Crippen LogP contribution in [0.2, 0.25) is 0 Å². The molecule has 19 heavy (non-hydrogen) atoms. The van der Waals surface area contributed by atoms with E-state index in [1.807, 2.05) is 12.1 Å². The average Bonchev–Trinajstić information content (AvgIpc) is 2.34. The summed E-state index contributed by atoms with van der Waals surface area (Å²) in [6, 6.07) is 6.03. The molecule has 2 N–H and O–H groups in total. The second-order valence-corrected chi connectivity index (χ2v) is 6.30. The molecule has 0 bridgehead atoms. The fourth-order valence-corrected chi connectivity index (χ4v) is 1.89. The van der Waals surface area contributed by atoms with Crippen LogP contribution in [0, 0.1) is 0 Å². The molecule has 3 nitrogen and oxygen atoms in total. The van der Waals surface area contributed by atoms with Crippen LogP contribution in [-0.2, 0) is 0 Å². The first-order valence-corrected chi connectivity index (χ1v) is 6.85. The van der Waals surface area contributed by atoms with E-state index < -0.39 is 6.10 Å². The van der Waals surface area contributed by atoms with Crippen LogP contribution in [0.5, 0.6) is 5.75 Å². The third-order valence-electron chi connectivity index (χ3n) is 3.11. The van der Waals surface area contributed by atoms with Crippen molar-refractivity contribution in [3.63, 3.8) is 0 Å². The van der Waals surface area contributed by atoms with Crippen molar-refractivity contribution >= 4 is 0 Å². The molecule has 0 saturated heterocycles. The fourth-order valence-electron chi connectivity index (χ4n) is 1.89. The summed E-state index contributed by atoms with van der Waals surface area (Å²) in [5, 5.41) is 13.7. The number of rotatable bonds is 5. The van der Waals surface area contributed by atoms with Gasteiger partial charge in [0.15, 0.2) is 0 Å². The lowest BCUT2D eigenvalue weighted by Gasteiger charge is -2.24. The molecule has 0 aromatic heterocycles. The molecule has 0 spiro atoms. The van der Waals surface area contributed by atoms with E-state index in [1.54, 1.807) is 7.11 Å². The molecular weight excluding hydrogens is 238 g/mol. The van der Waals surface area contributed by atoms with Crippen molar-refractivity contribution < 1.29 is 9.84 Å². The lowest BCUT2D eigenvalue weighted by Crippen LogP contribution is -2.38. The smallest absolute Gasteiger partial charge is 0.124 e. The quantitative estimate of drug-likeness (QED) is 0.858. The Kier molecular flexibility index (Phi) is 5.39. The standard InChI is InChI=1S/C16H27NO2/c1-11(2)12-7-8-15(19-6)13(9-12)14(18)10-17-16(3,4)5/h7-9,11,14,17-18H,10H2,1-6H3. The zero-order chi connectivity index (χ0) is 14.6. The molecule has 108 valence electrons. The van der Waals surface area contributed by atoms with Gasteiger partial charge in [0, 0.05) is 17.6 Å². The van der Waals surface area contributed by atoms with Crippen LogP contribution < -0.4 is 10.1 Å². The third kappa shape index (κ3) is 4.84. The molecule has 1 rings (SSSR count). The SMILES string of the molecule is COc1ccc(C(C)C)cc1C(O)CNC(C)(C)C. The molecule has 1 unspecified atom stereocenters. The van der Waals surface area contributed by atoms with E-state index >= 15 is 0 Å². The van der Waals surface area contributed by atoms with Gasteiger partial charge in [0.2, 0.25) is 0 Å². The Balaban J connectivity index is 2.92. The first kappa shape index (κ1) is 16.0. The molecule has 0 heterocycles. The highest BCUT2D eigenvalue weighted by molar-refractivity contribution is 5.40. The van der Waals surface area contributed by atoms with E-state index in [-0.39, 0.29) is 5.54 Å². The maximum Gasteiger partial charge on any atom is 0.124 e. The van der Waals surface area contributed by atoms with Gasteiger partial charge in [-0.3, -0.25) is 0 Å². The minimum Gasteiger partial charge on any atom is -0.496 e. The minimum absolute atomic E-state index is 0.0100. The van der Waals surface area contributed by atoms with Gasteiger partial charge in [-0.05, 0) is 44.4 Å². The monoisotopic (exact) mass is 265 g/mol. The van der Waals surface area contributed by atoms with Crippen LogP contribution >= 0.6 is 0 Å². The van der Waals surface area contributed by atoms with Crippen LogP contribution in [0.1, 0.15) is 57.8 Å². The van der Waals surface area contributed by atoms with E-state index in [9.17, 15) is 5.11 Å². The number of nitrogens with one attached hydrogen (secondary N) is 1. The first-order valence-electron chi connectivity index (χ1n) is 6.85. The summed E-state index contributed by atoms with van der Waals surface area (Å²) in [6.45, 7) is 11.1. The van der Waals surface area contributed by atoms with Gasteiger partial charge in [-0.25, -0.2) is 0 Å². The fraction of sp³-hybridized carbons (Fsp3) is 0.625. The number of ether oxygens (including phenoxy) is 1. The van der Waals surface area contributed by atoms with E-state index in [1.165, 1.54) is 5.56 Å². The molecular formula is C16H27NO2. The largest absolute Gasteiger partial charge is 0.496 e. The maximum atomic E-state index is 10.4. The number of aliphatic hydroxyl groups excluding tert-OH is 1. The Bertz CT molecular complexity index is 408. The molecule has 0 saturated carbocycles. The van der Waals surface area contributed by atoms with Crippen molar-refractivity contribution in [2.45, 2.75) is 52.2 Å². The summed E-state index contributed by atoms with van der Waals surface area (Å²) in [4.78, 5) is 0. The van der Waals surface area contributed by atoms with Crippen LogP contribution in [0.15, 0.2) is 18.2 Å². The molecule has 1 aromatic rings. The molecule has 0 fully saturated rings. The topological polar surface area (TPSA) is 41.5 Å². The minimum atomic E-state index is -0.562. The number of aliphatic hydroxyl groups is 1. The summed E-state index contributed by atoms with van der Waals surface area (Å²) >= 11 is 0. The molecule has 0 aliphatic heterocycles. The summed E-state index contributed by atoms with van der Waals surface area (Å²) in [7, 11) is 1.64. The highest BCUT2D eigenvalue weighted by Crippen LogP contribution is 2.29. The van der Waals surface area contributed by atoms with Gasteiger partial charge in [-0.2, -0.15) is 0 Å². The van der Waals surface area contributed by atoms with Crippen LogP contribution in [0.4, 0.5) is 0 Å². The summed E-state index contributed by atoms with van der Waals surface area (Å²) in [5.41, 5.74) is 2.06. The summed E-state index contributed by atoms with van der Waals surface area (Å²) < 4.78 is 5.35. The lowest BCUT2D eigenvalue weighted by atomic mass is 9.97. The number of hydrogen-bond acceptors (Lipinski definition) is 3. The number of benzene rings is 1. The van der Waals surface area contributed by atoms with Crippen molar-refractivity contribution in [3.8, 4) is 5.75 Å². The molecule has 0 aliphatic rings. The molecule has 3 heteroatoms. The second-order valence-electron chi connectivity index (χ2n) is 6.30. The molecule has 1 aromatic carbocycles. The average molecular weight is 265 g/mol. The molecule has 0 amide bonds. The van der Waals surface area contributed by atoms with Crippen molar-refractivity contribution in [2.75, 3.05) is 13.7 Å². The van der Waals surface area contributed by atoms with E-state index in [4.69, 9.17) is 4.74 Å². The number of hydrogen-bond donors (Lipinski definition) is 2. The van der Waals surface area contributed by atoms with Gasteiger partial charge < -0.3 is 15.2 Å². The van der Waals surface area contributed by atoms with Gasteiger partial charge in [0.25, 0.3) is 0 Å².